The second kappa shape index (κ2) is 20.0. The minimum atomic E-state index is -0.474. The zero-order chi connectivity index (χ0) is 29.0. The van der Waals surface area contributed by atoms with Gasteiger partial charge in [0, 0.05) is 49.4 Å². The molecule has 10 heteroatoms. The molecular weight excluding hydrogens is 552 g/mol. The highest BCUT2D eigenvalue weighted by atomic mass is 32.2. The number of hydrogen-bond acceptors (Lipinski definition) is 10. The maximum Gasteiger partial charge on any atom is 0.330 e. The molecule has 0 spiro atoms. The molecule has 40 heavy (non-hydrogen) atoms. The van der Waals surface area contributed by atoms with Crippen molar-refractivity contribution in [1.82, 2.24) is 0 Å². The van der Waals surface area contributed by atoms with Gasteiger partial charge in [-0.25, -0.2) is 9.59 Å². The number of rotatable bonds is 21. The molecule has 0 aliphatic rings. The van der Waals surface area contributed by atoms with Gasteiger partial charge in [0.05, 0.1) is 13.2 Å². The Morgan fingerprint density at radius 2 is 1.07 bits per heavy atom. The minimum absolute atomic E-state index is 0.235. The van der Waals surface area contributed by atoms with Gasteiger partial charge in [0.15, 0.2) is 0 Å². The largest absolute Gasteiger partial charge is 0.490 e. The van der Waals surface area contributed by atoms with Gasteiger partial charge >= 0.3 is 11.9 Å². The van der Waals surface area contributed by atoms with Crippen LogP contribution in [0.2, 0.25) is 0 Å². The van der Waals surface area contributed by atoms with Crippen molar-refractivity contribution in [1.29, 1.82) is 0 Å². The minimum Gasteiger partial charge on any atom is -0.490 e. The Morgan fingerprint density at radius 3 is 1.40 bits per heavy atom. The molecule has 0 aliphatic heterocycles. The van der Waals surface area contributed by atoms with Crippen LogP contribution >= 0.6 is 23.5 Å². The summed E-state index contributed by atoms with van der Waals surface area (Å²) in [7, 11) is 3.30. The molecule has 0 amide bonds. The third-order valence-electron chi connectivity index (χ3n) is 5.28. The summed E-state index contributed by atoms with van der Waals surface area (Å²) in [6.45, 7) is 8.64. The van der Waals surface area contributed by atoms with Crippen molar-refractivity contribution in [3.63, 3.8) is 0 Å². The topological polar surface area (TPSA) is 89.5 Å². The molecule has 0 N–H and O–H groups in total. The van der Waals surface area contributed by atoms with Gasteiger partial charge < -0.3 is 28.4 Å². The molecule has 0 heterocycles. The number of hydrogen-bond donors (Lipinski definition) is 0. The molecule has 2 atom stereocenters. The van der Waals surface area contributed by atoms with E-state index in [-0.39, 0.29) is 13.2 Å². The predicted octanol–water partition coefficient (Wildman–Crippen LogP) is 5.07. The molecule has 2 unspecified atom stereocenters. The molecule has 0 saturated carbocycles. The van der Waals surface area contributed by atoms with Gasteiger partial charge in [-0.05, 0) is 35.4 Å². The first-order valence-electron chi connectivity index (χ1n) is 12.7. The number of methoxy groups -OCH3 is 2. The Labute approximate surface area is 245 Å². The summed E-state index contributed by atoms with van der Waals surface area (Å²) in [5.74, 6) is 3.19. The summed E-state index contributed by atoms with van der Waals surface area (Å²) >= 11 is 3.26. The highest BCUT2D eigenvalue weighted by Gasteiger charge is 2.16. The molecule has 218 valence electrons. The standard InChI is InChI=1S/C30H38O8S2/c1-5-29(31)37-27(21-39-17-15-33-3)19-35-25-11-7-23(8-12-25)24-9-13-26(14-10-24)36-20-28(38-30(32)6-2)22-40-18-16-34-4/h5-14,27-28H,1-2,15-22H2,3-4H3. The third-order valence-corrected chi connectivity index (χ3v) is 7.41. The van der Waals surface area contributed by atoms with Crippen molar-refractivity contribution < 1.29 is 38.0 Å². The average molecular weight is 591 g/mol. The lowest BCUT2D eigenvalue weighted by molar-refractivity contribution is -0.144. The van der Waals surface area contributed by atoms with E-state index in [1.165, 1.54) is 0 Å². The van der Waals surface area contributed by atoms with Gasteiger partial charge in [-0.3, -0.25) is 0 Å². The number of ether oxygens (including phenoxy) is 6. The molecule has 0 aliphatic carbocycles. The lowest BCUT2D eigenvalue weighted by atomic mass is 10.1. The van der Waals surface area contributed by atoms with E-state index in [0.29, 0.717) is 36.2 Å². The normalized spacial score (nSPS) is 12.2. The van der Waals surface area contributed by atoms with Crippen molar-refractivity contribution in [2.45, 2.75) is 12.2 Å². The van der Waals surface area contributed by atoms with Crippen LogP contribution in [0.3, 0.4) is 0 Å². The van der Waals surface area contributed by atoms with Crippen LogP contribution in [-0.4, -0.2) is 87.8 Å². The van der Waals surface area contributed by atoms with E-state index in [2.05, 4.69) is 13.2 Å². The lowest BCUT2D eigenvalue weighted by Crippen LogP contribution is -2.27. The van der Waals surface area contributed by atoms with Crippen molar-refractivity contribution in [2.24, 2.45) is 0 Å². The number of esters is 2. The Morgan fingerprint density at radius 1 is 0.700 bits per heavy atom. The Hall–Kier alpha value is -2.92. The maximum atomic E-state index is 11.7. The van der Waals surface area contributed by atoms with Crippen LogP contribution < -0.4 is 9.47 Å². The van der Waals surface area contributed by atoms with Crippen LogP contribution in [0.5, 0.6) is 11.5 Å². The highest BCUT2D eigenvalue weighted by Crippen LogP contribution is 2.25. The summed E-state index contributed by atoms with van der Waals surface area (Å²) in [5, 5.41) is 0. The highest BCUT2D eigenvalue weighted by molar-refractivity contribution is 7.99. The zero-order valence-electron chi connectivity index (χ0n) is 23.1. The molecule has 2 rings (SSSR count). The summed E-state index contributed by atoms with van der Waals surface area (Å²) < 4.78 is 32.7. The molecule has 0 radical (unpaired) electrons. The van der Waals surface area contributed by atoms with Gasteiger partial charge in [-0.15, -0.1) is 0 Å². The number of benzene rings is 2. The summed E-state index contributed by atoms with van der Waals surface area (Å²) in [5.41, 5.74) is 2.02. The van der Waals surface area contributed by atoms with Gasteiger partial charge in [-0.2, -0.15) is 23.5 Å². The fourth-order valence-electron chi connectivity index (χ4n) is 3.24. The van der Waals surface area contributed by atoms with E-state index >= 15 is 0 Å². The molecular formula is C30H38O8S2. The van der Waals surface area contributed by atoms with Gasteiger partial charge in [0.1, 0.15) is 36.9 Å². The van der Waals surface area contributed by atoms with Crippen molar-refractivity contribution >= 4 is 35.5 Å². The van der Waals surface area contributed by atoms with E-state index in [0.717, 1.165) is 34.8 Å². The zero-order valence-corrected chi connectivity index (χ0v) is 24.7. The van der Waals surface area contributed by atoms with Crippen LogP contribution in [0.4, 0.5) is 0 Å². The van der Waals surface area contributed by atoms with E-state index in [4.69, 9.17) is 28.4 Å². The van der Waals surface area contributed by atoms with E-state index in [1.807, 2.05) is 48.5 Å². The monoisotopic (exact) mass is 590 g/mol. The number of carbonyl (C=O) groups is 2. The third kappa shape index (κ3) is 13.4. The predicted molar refractivity (Wildman–Crippen MR) is 161 cm³/mol. The van der Waals surface area contributed by atoms with Crippen molar-refractivity contribution in [3.8, 4) is 22.6 Å². The van der Waals surface area contributed by atoms with Crippen LogP contribution in [0.15, 0.2) is 73.8 Å². The molecule has 0 fully saturated rings. The smallest absolute Gasteiger partial charge is 0.330 e. The quantitative estimate of drug-likeness (QED) is 0.112. The van der Waals surface area contributed by atoms with E-state index in [9.17, 15) is 9.59 Å². The number of carbonyl (C=O) groups excluding carboxylic acids is 2. The van der Waals surface area contributed by atoms with Crippen molar-refractivity contribution in [2.75, 3.05) is 63.7 Å². The molecule has 0 bridgehead atoms. The Bertz CT molecular complexity index is 944. The van der Waals surface area contributed by atoms with Gasteiger partial charge in [0.25, 0.3) is 0 Å². The maximum absolute atomic E-state index is 11.7. The summed E-state index contributed by atoms with van der Waals surface area (Å²) in [6, 6.07) is 15.4. The summed E-state index contributed by atoms with van der Waals surface area (Å²) in [6.07, 6.45) is 1.50. The molecule has 2 aromatic carbocycles. The molecule has 8 nitrogen and oxygen atoms in total. The lowest BCUT2D eigenvalue weighted by Gasteiger charge is -2.18. The van der Waals surface area contributed by atoms with Crippen LogP contribution in [0, 0.1) is 0 Å². The second-order valence-electron chi connectivity index (χ2n) is 8.33. The van der Waals surface area contributed by atoms with Crippen LogP contribution in [0.1, 0.15) is 0 Å². The molecule has 0 aromatic heterocycles. The second-order valence-corrected chi connectivity index (χ2v) is 10.6. The molecule has 0 saturated heterocycles. The van der Waals surface area contributed by atoms with Crippen molar-refractivity contribution in [3.05, 3.63) is 73.8 Å². The first kappa shape index (κ1) is 33.3. The first-order valence-corrected chi connectivity index (χ1v) is 15.1. The fourth-order valence-corrected chi connectivity index (χ4v) is 4.99. The fraction of sp³-hybridized carbons (Fsp3) is 0.400. The van der Waals surface area contributed by atoms with Crippen LogP contribution in [0.25, 0.3) is 11.1 Å². The molecule has 2 aromatic rings. The van der Waals surface area contributed by atoms with E-state index in [1.54, 1.807) is 37.7 Å². The first-order chi connectivity index (χ1) is 19.5. The summed E-state index contributed by atoms with van der Waals surface area (Å²) in [4.78, 5) is 23.3. The van der Waals surface area contributed by atoms with E-state index < -0.39 is 24.1 Å². The van der Waals surface area contributed by atoms with Crippen LogP contribution in [-0.2, 0) is 28.5 Å². The Balaban J connectivity index is 1.90. The van der Waals surface area contributed by atoms with Gasteiger partial charge in [0.2, 0.25) is 0 Å². The number of thioether (sulfide) groups is 2. The van der Waals surface area contributed by atoms with Gasteiger partial charge in [-0.1, -0.05) is 37.4 Å². The Kier molecular flexibility index (Phi) is 16.7. The SMILES string of the molecule is C=CC(=O)OC(COc1ccc(-c2ccc(OCC(CSCCOC)OC(=O)C=C)cc2)cc1)CSCCOC. The average Bonchev–Trinajstić information content (AvgIpc) is 2.99.